The molecular formula is C47H35N3. The van der Waals surface area contributed by atoms with Gasteiger partial charge in [0.25, 0.3) is 0 Å². The minimum absolute atomic E-state index is 0. The zero-order chi connectivity index (χ0) is 32.6. The summed E-state index contributed by atoms with van der Waals surface area (Å²) in [6.45, 7) is 0. The molecule has 1 aromatic heterocycles. The van der Waals surface area contributed by atoms with Crippen molar-refractivity contribution >= 4 is 0 Å². The van der Waals surface area contributed by atoms with Crippen molar-refractivity contribution in [3.8, 4) is 78.7 Å². The van der Waals surface area contributed by atoms with E-state index in [0.717, 1.165) is 34.2 Å². The van der Waals surface area contributed by atoms with Crippen LogP contribution in [0.25, 0.3) is 78.7 Å². The van der Waals surface area contributed by atoms with E-state index >= 15 is 0 Å². The topological polar surface area (TPSA) is 38.7 Å². The molecule has 3 nitrogen and oxygen atoms in total. The van der Waals surface area contributed by atoms with Gasteiger partial charge in [-0.05, 0) is 61.7 Å². The van der Waals surface area contributed by atoms with E-state index in [-0.39, 0.29) is 7.43 Å². The first-order valence-electron chi connectivity index (χ1n) is 16.7. The molecule has 9 rings (SSSR count). The second-order valence-electron chi connectivity index (χ2n) is 12.4. The Kier molecular flexibility index (Phi) is 8.16. The van der Waals surface area contributed by atoms with Crippen molar-refractivity contribution < 1.29 is 0 Å². The van der Waals surface area contributed by atoms with E-state index in [1.807, 2.05) is 24.3 Å². The lowest BCUT2D eigenvalue weighted by atomic mass is 9.94. The van der Waals surface area contributed by atoms with Crippen LogP contribution in [0.4, 0.5) is 0 Å². The van der Waals surface area contributed by atoms with Gasteiger partial charge in [0.05, 0.1) is 0 Å². The molecule has 50 heavy (non-hydrogen) atoms. The number of benzene rings is 7. The van der Waals surface area contributed by atoms with E-state index in [1.165, 1.54) is 44.5 Å². The highest BCUT2D eigenvalue weighted by Crippen LogP contribution is 2.45. The first-order valence-corrected chi connectivity index (χ1v) is 16.7. The van der Waals surface area contributed by atoms with Gasteiger partial charge in [-0.25, -0.2) is 15.0 Å². The van der Waals surface area contributed by atoms with E-state index in [1.54, 1.807) is 0 Å². The van der Waals surface area contributed by atoms with Crippen LogP contribution >= 0.6 is 0 Å². The quantitative estimate of drug-likeness (QED) is 0.181. The molecular weight excluding hydrogens is 607 g/mol. The summed E-state index contributed by atoms with van der Waals surface area (Å²) in [6, 6.07) is 61.8. The van der Waals surface area contributed by atoms with Gasteiger partial charge in [0, 0.05) is 23.1 Å². The fourth-order valence-electron chi connectivity index (χ4n) is 7.00. The summed E-state index contributed by atoms with van der Waals surface area (Å²) in [5, 5.41) is 0. The van der Waals surface area contributed by atoms with Gasteiger partial charge in [-0.15, -0.1) is 0 Å². The van der Waals surface area contributed by atoms with E-state index < -0.39 is 0 Å². The van der Waals surface area contributed by atoms with Crippen LogP contribution in [0, 0.1) is 0 Å². The highest BCUT2D eigenvalue weighted by Gasteiger charge is 2.26. The van der Waals surface area contributed by atoms with Gasteiger partial charge >= 0.3 is 0 Å². The Labute approximate surface area is 293 Å². The summed E-state index contributed by atoms with van der Waals surface area (Å²) in [6.07, 6.45) is 0.808. The molecule has 0 fully saturated rings. The lowest BCUT2D eigenvalue weighted by molar-refractivity contribution is 1.07. The molecule has 0 aliphatic heterocycles. The molecule has 0 bridgehead atoms. The van der Waals surface area contributed by atoms with Gasteiger partial charge in [0.1, 0.15) is 0 Å². The van der Waals surface area contributed by atoms with Gasteiger partial charge in [-0.2, -0.15) is 0 Å². The summed E-state index contributed by atoms with van der Waals surface area (Å²) < 4.78 is 0. The van der Waals surface area contributed by atoms with Crippen LogP contribution < -0.4 is 0 Å². The Morgan fingerprint density at radius 3 is 1.32 bits per heavy atom. The standard InChI is InChI=1S/C46H31N3.CH4/c1-4-13-31(14-5-1)33-25-27-34(28-26-33)38-21-11-22-39-40-23-12-24-41(43(40)30-42(38)39)46-48-44(35-17-8-3-9-18-35)47-45(49-46)37-20-10-19-36(29-37)32-15-6-2-7-16-32;/h1-29H,30H2;1H4. The lowest BCUT2D eigenvalue weighted by Gasteiger charge is -2.12. The molecule has 0 atom stereocenters. The van der Waals surface area contributed by atoms with Gasteiger partial charge in [0.2, 0.25) is 0 Å². The third-order valence-electron chi connectivity index (χ3n) is 9.43. The second kappa shape index (κ2) is 13.2. The molecule has 0 spiro atoms. The fourth-order valence-corrected chi connectivity index (χ4v) is 7.00. The van der Waals surface area contributed by atoms with Crippen LogP contribution in [0.3, 0.4) is 0 Å². The first-order chi connectivity index (χ1) is 24.3. The molecule has 0 N–H and O–H groups in total. The predicted octanol–water partition coefficient (Wildman–Crippen LogP) is 12.1. The Bertz CT molecular complexity index is 2440. The molecule has 0 saturated carbocycles. The number of aromatic nitrogens is 3. The van der Waals surface area contributed by atoms with Crippen LogP contribution in [0.5, 0.6) is 0 Å². The molecule has 3 heteroatoms. The zero-order valence-corrected chi connectivity index (χ0v) is 26.8. The number of hydrogen-bond acceptors (Lipinski definition) is 3. The monoisotopic (exact) mass is 641 g/mol. The number of fused-ring (bicyclic) bond motifs is 3. The van der Waals surface area contributed by atoms with Crippen molar-refractivity contribution in [1.82, 2.24) is 15.0 Å². The van der Waals surface area contributed by atoms with Gasteiger partial charge in [-0.3, -0.25) is 0 Å². The molecule has 0 radical (unpaired) electrons. The van der Waals surface area contributed by atoms with Gasteiger partial charge in [-0.1, -0.05) is 177 Å². The van der Waals surface area contributed by atoms with Crippen LogP contribution in [-0.4, -0.2) is 15.0 Å². The van der Waals surface area contributed by atoms with E-state index in [4.69, 9.17) is 15.0 Å². The van der Waals surface area contributed by atoms with Crippen molar-refractivity contribution in [1.29, 1.82) is 0 Å². The maximum absolute atomic E-state index is 5.17. The Morgan fingerprint density at radius 1 is 0.280 bits per heavy atom. The summed E-state index contributed by atoms with van der Waals surface area (Å²) >= 11 is 0. The van der Waals surface area contributed by atoms with E-state index in [0.29, 0.717) is 17.5 Å². The van der Waals surface area contributed by atoms with Crippen LogP contribution in [-0.2, 0) is 6.42 Å². The molecule has 1 aliphatic carbocycles. The predicted molar refractivity (Wildman–Crippen MR) is 207 cm³/mol. The van der Waals surface area contributed by atoms with Crippen molar-refractivity contribution in [2.45, 2.75) is 13.8 Å². The highest BCUT2D eigenvalue weighted by molar-refractivity contribution is 5.89. The molecule has 0 saturated heterocycles. The van der Waals surface area contributed by atoms with Crippen molar-refractivity contribution in [3.63, 3.8) is 0 Å². The summed E-state index contributed by atoms with van der Waals surface area (Å²) in [4.78, 5) is 15.3. The van der Waals surface area contributed by atoms with E-state index in [2.05, 4.69) is 152 Å². The Morgan fingerprint density at radius 2 is 0.680 bits per heavy atom. The summed E-state index contributed by atoms with van der Waals surface area (Å²) in [5.74, 6) is 2.01. The molecule has 8 aromatic rings. The largest absolute Gasteiger partial charge is 0.208 e. The number of rotatable bonds is 6. The third kappa shape index (κ3) is 5.69. The number of nitrogens with zero attached hydrogens (tertiary/aromatic N) is 3. The number of hydrogen-bond donors (Lipinski definition) is 0. The molecule has 238 valence electrons. The Hall–Kier alpha value is -6.45. The maximum atomic E-state index is 5.17. The average Bonchev–Trinajstić information content (AvgIpc) is 3.58. The normalized spacial score (nSPS) is 11.4. The maximum Gasteiger partial charge on any atom is 0.164 e. The third-order valence-corrected chi connectivity index (χ3v) is 9.43. The highest BCUT2D eigenvalue weighted by atomic mass is 15.0. The van der Waals surface area contributed by atoms with Crippen molar-refractivity contribution in [2.24, 2.45) is 0 Å². The van der Waals surface area contributed by atoms with Crippen molar-refractivity contribution in [3.05, 3.63) is 187 Å². The lowest BCUT2D eigenvalue weighted by Crippen LogP contribution is -2.02. The smallest absolute Gasteiger partial charge is 0.164 e. The second-order valence-corrected chi connectivity index (χ2v) is 12.4. The van der Waals surface area contributed by atoms with Crippen LogP contribution in [0.1, 0.15) is 18.6 Å². The molecule has 0 amide bonds. The van der Waals surface area contributed by atoms with Crippen LogP contribution in [0.2, 0.25) is 0 Å². The van der Waals surface area contributed by atoms with Gasteiger partial charge in [0.15, 0.2) is 17.5 Å². The molecule has 0 unspecified atom stereocenters. The van der Waals surface area contributed by atoms with Crippen LogP contribution in [0.15, 0.2) is 176 Å². The Balaban J connectivity index is 0.00000361. The average molecular weight is 642 g/mol. The summed E-state index contributed by atoms with van der Waals surface area (Å²) in [5.41, 5.74) is 15.3. The van der Waals surface area contributed by atoms with E-state index in [9.17, 15) is 0 Å². The minimum atomic E-state index is 0. The molecule has 1 aliphatic rings. The van der Waals surface area contributed by atoms with Crippen molar-refractivity contribution in [2.75, 3.05) is 0 Å². The molecule has 7 aromatic carbocycles. The zero-order valence-electron chi connectivity index (χ0n) is 26.8. The molecule has 1 heterocycles. The fraction of sp³-hybridized carbons (Fsp3) is 0.0426. The SMILES string of the molecule is C.c1ccc(-c2ccc(-c3cccc4c3Cc3c(-c5nc(-c6ccccc6)nc(-c6cccc(-c7ccccc7)c6)n5)cccc3-4)cc2)cc1. The minimum Gasteiger partial charge on any atom is -0.208 e. The van der Waals surface area contributed by atoms with Gasteiger partial charge < -0.3 is 0 Å². The summed E-state index contributed by atoms with van der Waals surface area (Å²) in [7, 11) is 0. The first kappa shape index (κ1) is 30.9.